The van der Waals surface area contributed by atoms with E-state index in [9.17, 15) is 0 Å². The first-order chi connectivity index (χ1) is 8.48. The average molecular weight is 267 g/mol. The first kappa shape index (κ1) is 14.7. The third-order valence-corrected chi connectivity index (χ3v) is 3.10. The summed E-state index contributed by atoms with van der Waals surface area (Å²) in [5, 5.41) is 12.9. The lowest BCUT2D eigenvalue weighted by atomic mass is 9.90. The molecule has 1 aromatic rings. The number of anilines is 1. The van der Waals surface area contributed by atoms with Crippen LogP contribution in [0.1, 0.15) is 26.7 Å². The van der Waals surface area contributed by atoms with Crippen LogP contribution < -0.4 is 10.1 Å². The van der Waals surface area contributed by atoms with Crippen molar-refractivity contribution < 1.29 is 4.74 Å². The molecule has 0 aliphatic carbocycles. The Morgan fingerprint density at radius 3 is 2.78 bits per heavy atom. The maximum absolute atomic E-state index is 8.91. The number of hydrogen-bond donors (Lipinski definition) is 1. The molecule has 0 spiro atoms. The molecule has 0 aromatic heterocycles. The number of ether oxygens (including phenoxy) is 1. The molecule has 0 aliphatic heterocycles. The topological polar surface area (TPSA) is 45.0 Å². The predicted molar refractivity (Wildman–Crippen MR) is 75.1 cm³/mol. The van der Waals surface area contributed by atoms with Crippen LogP contribution in [-0.4, -0.2) is 13.7 Å². The van der Waals surface area contributed by atoms with E-state index in [0.29, 0.717) is 5.02 Å². The largest absolute Gasteiger partial charge is 0.497 e. The summed E-state index contributed by atoms with van der Waals surface area (Å²) in [7, 11) is 1.63. The van der Waals surface area contributed by atoms with Crippen LogP contribution in [-0.2, 0) is 0 Å². The highest BCUT2D eigenvalue weighted by Gasteiger charge is 2.15. The van der Waals surface area contributed by atoms with E-state index in [-0.39, 0.29) is 5.41 Å². The van der Waals surface area contributed by atoms with Crippen LogP contribution in [0, 0.1) is 16.7 Å². The molecule has 0 amide bonds. The fraction of sp³-hybridized carbons (Fsp3) is 0.500. The maximum Gasteiger partial charge on any atom is 0.121 e. The third kappa shape index (κ3) is 4.46. The normalized spacial score (nSPS) is 10.8. The van der Waals surface area contributed by atoms with Gasteiger partial charge in [0.2, 0.25) is 0 Å². The zero-order valence-electron chi connectivity index (χ0n) is 11.1. The van der Waals surface area contributed by atoms with Gasteiger partial charge in [0.25, 0.3) is 0 Å². The summed E-state index contributed by atoms with van der Waals surface area (Å²) in [6, 6.07) is 7.80. The Hall–Kier alpha value is -1.40. The van der Waals surface area contributed by atoms with Gasteiger partial charge in [-0.15, -0.1) is 0 Å². The smallest absolute Gasteiger partial charge is 0.121 e. The summed E-state index contributed by atoms with van der Waals surface area (Å²) in [4.78, 5) is 0. The molecular formula is C14H19ClN2O. The molecule has 0 saturated carbocycles. The maximum atomic E-state index is 8.91. The lowest BCUT2D eigenvalue weighted by molar-refractivity contribution is 0.415. The second-order valence-electron chi connectivity index (χ2n) is 4.87. The lowest BCUT2D eigenvalue weighted by Crippen LogP contribution is -2.11. The van der Waals surface area contributed by atoms with Crippen molar-refractivity contribution in [2.24, 2.45) is 5.41 Å². The van der Waals surface area contributed by atoms with E-state index in [4.69, 9.17) is 21.6 Å². The minimum absolute atomic E-state index is 0.264. The Kier molecular flexibility index (Phi) is 5.30. The van der Waals surface area contributed by atoms with Crippen LogP contribution in [0.2, 0.25) is 5.02 Å². The Bertz CT molecular complexity index is 438. The second-order valence-corrected chi connectivity index (χ2v) is 5.28. The van der Waals surface area contributed by atoms with Crippen molar-refractivity contribution in [3.8, 4) is 11.8 Å². The van der Waals surface area contributed by atoms with Gasteiger partial charge >= 0.3 is 0 Å². The van der Waals surface area contributed by atoms with Crippen LogP contribution in [0.4, 0.5) is 5.69 Å². The summed E-state index contributed by atoms with van der Waals surface area (Å²) < 4.78 is 5.15. The molecule has 1 N–H and O–H groups in total. The highest BCUT2D eigenvalue weighted by atomic mass is 35.5. The molecule has 18 heavy (non-hydrogen) atoms. The van der Waals surface area contributed by atoms with Gasteiger partial charge in [-0.3, -0.25) is 0 Å². The van der Waals surface area contributed by atoms with Crippen LogP contribution in [0.15, 0.2) is 18.2 Å². The van der Waals surface area contributed by atoms with Crippen LogP contribution >= 0.6 is 11.6 Å². The molecular weight excluding hydrogens is 248 g/mol. The van der Waals surface area contributed by atoms with Crippen molar-refractivity contribution in [1.82, 2.24) is 0 Å². The molecule has 0 saturated heterocycles. The van der Waals surface area contributed by atoms with Gasteiger partial charge in [0, 0.05) is 12.6 Å². The SMILES string of the molecule is COc1ccc(Cl)c(NCCCC(C)(C)C#N)c1. The Balaban J connectivity index is 2.47. The molecule has 0 heterocycles. The first-order valence-electron chi connectivity index (χ1n) is 5.97. The number of nitrogens with one attached hydrogen (secondary N) is 1. The molecule has 0 fully saturated rings. The summed E-state index contributed by atoms with van der Waals surface area (Å²) in [5.74, 6) is 0.777. The zero-order chi connectivity index (χ0) is 13.6. The van der Waals surface area contributed by atoms with E-state index in [1.807, 2.05) is 32.0 Å². The minimum Gasteiger partial charge on any atom is -0.497 e. The fourth-order valence-corrected chi connectivity index (χ4v) is 1.76. The molecule has 0 aliphatic rings. The number of halogens is 1. The Labute approximate surface area is 114 Å². The molecule has 1 rings (SSSR count). The molecule has 1 aromatic carbocycles. The standard InChI is InChI=1S/C14H19ClN2O/c1-14(2,10-16)7-4-8-17-13-9-11(18-3)5-6-12(13)15/h5-6,9,17H,4,7-8H2,1-3H3. The first-order valence-corrected chi connectivity index (χ1v) is 6.35. The van der Waals surface area contributed by atoms with Crippen molar-refractivity contribution in [2.45, 2.75) is 26.7 Å². The molecule has 3 nitrogen and oxygen atoms in total. The molecule has 0 atom stereocenters. The van der Waals surface area contributed by atoms with Gasteiger partial charge in [0.1, 0.15) is 5.75 Å². The van der Waals surface area contributed by atoms with Gasteiger partial charge in [-0.25, -0.2) is 0 Å². The van der Waals surface area contributed by atoms with E-state index in [1.165, 1.54) is 0 Å². The molecule has 0 radical (unpaired) electrons. The quantitative estimate of drug-likeness (QED) is 0.789. The number of rotatable bonds is 6. The zero-order valence-corrected chi connectivity index (χ0v) is 11.8. The highest BCUT2D eigenvalue weighted by Crippen LogP contribution is 2.27. The molecule has 0 bridgehead atoms. The molecule has 0 unspecified atom stereocenters. The van der Waals surface area contributed by atoms with E-state index in [0.717, 1.165) is 30.8 Å². The average Bonchev–Trinajstić information content (AvgIpc) is 2.36. The number of methoxy groups -OCH3 is 1. The van der Waals surface area contributed by atoms with Crippen molar-refractivity contribution in [2.75, 3.05) is 19.0 Å². The van der Waals surface area contributed by atoms with Crippen LogP contribution in [0.3, 0.4) is 0 Å². The minimum atomic E-state index is -0.264. The predicted octanol–water partition coefficient (Wildman–Crippen LogP) is 4.09. The van der Waals surface area contributed by atoms with Crippen molar-refractivity contribution >= 4 is 17.3 Å². The number of nitriles is 1. The van der Waals surface area contributed by atoms with Crippen molar-refractivity contribution in [3.63, 3.8) is 0 Å². The number of benzene rings is 1. The highest BCUT2D eigenvalue weighted by molar-refractivity contribution is 6.33. The van der Waals surface area contributed by atoms with E-state index in [2.05, 4.69) is 11.4 Å². The van der Waals surface area contributed by atoms with Gasteiger partial charge < -0.3 is 10.1 Å². The molecule has 4 heteroatoms. The fourth-order valence-electron chi connectivity index (χ4n) is 1.58. The van der Waals surface area contributed by atoms with Crippen molar-refractivity contribution in [1.29, 1.82) is 5.26 Å². The molecule has 98 valence electrons. The van der Waals surface area contributed by atoms with Crippen LogP contribution in [0.25, 0.3) is 0 Å². The lowest BCUT2D eigenvalue weighted by Gasteiger charge is -2.15. The third-order valence-electron chi connectivity index (χ3n) is 2.77. The van der Waals surface area contributed by atoms with E-state index in [1.54, 1.807) is 7.11 Å². The Morgan fingerprint density at radius 2 is 2.17 bits per heavy atom. The van der Waals surface area contributed by atoms with Crippen molar-refractivity contribution in [3.05, 3.63) is 23.2 Å². The van der Waals surface area contributed by atoms with Gasteiger partial charge in [-0.1, -0.05) is 11.6 Å². The van der Waals surface area contributed by atoms with Gasteiger partial charge in [0.15, 0.2) is 0 Å². The summed E-state index contributed by atoms with van der Waals surface area (Å²) in [5.41, 5.74) is 0.602. The number of nitrogens with zero attached hydrogens (tertiary/aromatic N) is 1. The van der Waals surface area contributed by atoms with Crippen LogP contribution in [0.5, 0.6) is 5.75 Å². The van der Waals surface area contributed by atoms with E-state index >= 15 is 0 Å². The van der Waals surface area contributed by atoms with Gasteiger partial charge in [-0.2, -0.15) is 5.26 Å². The Morgan fingerprint density at radius 1 is 1.44 bits per heavy atom. The number of hydrogen-bond acceptors (Lipinski definition) is 3. The summed E-state index contributed by atoms with van der Waals surface area (Å²) in [6.45, 7) is 4.69. The summed E-state index contributed by atoms with van der Waals surface area (Å²) >= 11 is 6.08. The van der Waals surface area contributed by atoms with E-state index < -0.39 is 0 Å². The van der Waals surface area contributed by atoms with Gasteiger partial charge in [0.05, 0.1) is 29.3 Å². The van der Waals surface area contributed by atoms with Gasteiger partial charge in [-0.05, 0) is 38.8 Å². The monoisotopic (exact) mass is 266 g/mol. The summed E-state index contributed by atoms with van der Waals surface area (Å²) in [6.07, 6.45) is 1.78. The second kappa shape index (κ2) is 6.51.